The third-order valence-electron chi connectivity index (χ3n) is 4.46. The second-order valence-corrected chi connectivity index (χ2v) is 8.65. The number of anilines is 1. The summed E-state index contributed by atoms with van der Waals surface area (Å²) >= 11 is 13.4. The Labute approximate surface area is 189 Å². The number of benzene rings is 2. The number of carbonyl (C=O) groups excluding carboxylic acids is 2. The molecule has 0 aliphatic carbocycles. The van der Waals surface area contributed by atoms with Crippen LogP contribution in [0, 0.1) is 6.92 Å². The Morgan fingerprint density at radius 2 is 2.03 bits per heavy atom. The molecule has 2 aromatic carbocycles. The van der Waals surface area contributed by atoms with Gasteiger partial charge >= 0.3 is 0 Å². The Balaban J connectivity index is 1.76. The van der Waals surface area contributed by atoms with Crippen molar-refractivity contribution in [2.24, 2.45) is 4.99 Å². The molecule has 1 heterocycles. The van der Waals surface area contributed by atoms with E-state index in [4.69, 9.17) is 27.9 Å². The van der Waals surface area contributed by atoms with Gasteiger partial charge in [-0.3, -0.25) is 14.5 Å². The van der Waals surface area contributed by atoms with Crippen LogP contribution in [0.5, 0.6) is 5.75 Å². The summed E-state index contributed by atoms with van der Waals surface area (Å²) in [6.45, 7) is 4.23. The first kappa shape index (κ1) is 22.5. The van der Waals surface area contributed by atoms with E-state index in [-0.39, 0.29) is 18.2 Å². The molecule has 0 bridgehead atoms. The zero-order chi connectivity index (χ0) is 21.8. The fourth-order valence-electron chi connectivity index (χ4n) is 2.98. The number of amides is 2. The molecule has 2 amide bonds. The number of thioether (sulfide) groups is 1. The number of nitrogens with one attached hydrogen (secondary N) is 1. The Kier molecular flexibility index (Phi) is 7.28. The number of nitrogens with zero attached hydrogens (tertiary/aromatic N) is 2. The quantitative estimate of drug-likeness (QED) is 0.628. The fraction of sp³-hybridized carbons (Fsp3) is 0.286. The predicted molar refractivity (Wildman–Crippen MR) is 123 cm³/mol. The van der Waals surface area contributed by atoms with Crippen LogP contribution in [-0.4, -0.2) is 40.8 Å². The third kappa shape index (κ3) is 5.09. The Morgan fingerprint density at radius 3 is 2.70 bits per heavy atom. The molecule has 30 heavy (non-hydrogen) atoms. The molecular formula is C21H21Cl2N3O3S. The van der Waals surface area contributed by atoms with Crippen molar-refractivity contribution >= 4 is 63.3 Å². The monoisotopic (exact) mass is 465 g/mol. The normalized spacial score (nSPS) is 17.5. The lowest BCUT2D eigenvalue weighted by molar-refractivity contribution is -0.128. The van der Waals surface area contributed by atoms with Crippen LogP contribution in [0.4, 0.5) is 11.4 Å². The van der Waals surface area contributed by atoms with Crippen molar-refractivity contribution in [3.05, 3.63) is 52.0 Å². The van der Waals surface area contributed by atoms with Gasteiger partial charge in [-0.1, -0.05) is 41.0 Å². The molecule has 9 heteroatoms. The maximum atomic E-state index is 12.8. The zero-order valence-corrected chi connectivity index (χ0v) is 19.1. The lowest BCUT2D eigenvalue weighted by Gasteiger charge is -2.14. The van der Waals surface area contributed by atoms with Gasteiger partial charge in [-0.2, -0.15) is 0 Å². The second-order valence-electron chi connectivity index (χ2n) is 6.64. The molecule has 1 saturated heterocycles. The number of carbonyl (C=O) groups is 2. The van der Waals surface area contributed by atoms with Crippen LogP contribution in [0.15, 0.2) is 41.4 Å². The van der Waals surface area contributed by atoms with E-state index in [1.54, 1.807) is 36.3 Å². The van der Waals surface area contributed by atoms with E-state index in [0.29, 0.717) is 38.9 Å². The predicted octanol–water partition coefficient (Wildman–Crippen LogP) is 5.29. The number of rotatable bonds is 6. The van der Waals surface area contributed by atoms with Crippen LogP contribution < -0.4 is 10.1 Å². The van der Waals surface area contributed by atoms with E-state index >= 15 is 0 Å². The van der Waals surface area contributed by atoms with Crippen molar-refractivity contribution < 1.29 is 14.3 Å². The van der Waals surface area contributed by atoms with Gasteiger partial charge in [-0.25, -0.2) is 4.99 Å². The first-order chi connectivity index (χ1) is 14.3. The summed E-state index contributed by atoms with van der Waals surface area (Å²) in [5.74, 6) is 0.137. The average Bonchev–Trinajstić information content (AvgIpc) is 2.98. The SMILES string of the molecule is CCN1C(=O)C(CC(=O)Nc2cc(C)ccc2OC)SC1=Nc1ccc(Cl)cc1Cl. The molecule has 1 N–H and O–H groups in total. The number of amidine groups is 1. The lowest BCUT2D eigenvalue weighted by atomic mass is 10.2. The first-order valence-corrected chi connectivity index (χ1v) is 10.9. The molecule has 0 saturated carbocycles. The molecule has 1 fully saturated rings. The molecule has 6 nitrogen and oxygen atoms in total. The second kappa shape index (κ2) is 9.73. The number of hydrogen-bond donors (Lipinski definition) is 1. The van der Waals surface area contributed by atoms with Crippen molar-refractivity contribution in [3.63, 3.8) is 0 Å². The molecule has 1 atom stereocenters. The molecule has 0 spiro atoms. The van der Waals surface area contributed by atoms with Gasteiger partial charge in [0.1, 0.15) is 11.0 Å². The molecule has 0 radical (unpaired) electrons. The van der Waals surface area contributed by atoms with Gasteiger partial charge in [-0.15, -0.1) is 0 Å². The summed E-state index contributed by atoms with van der Waals surface area (Å²) in [6, 6.07) is 10.5. The standard InChI is InChI=1S/C21H21Cl2N3O3S/c1-4-26-20(28)18(30-21(26)25-15-7-6-13(22)10-14(15)23)11-19(27)24-16-9-12(2)5-8-17(16)29-3/h5-10,18H,4,11H2,1-3H3,(H,24,27). The van der Waals surface area contributed by atoms with Gasteiger partial charge in [-0.05, 0) is 49.7 Å². The highest BCUT2D eigenvalue weighted by Crippen LogP contribution is 2.35. The number of methoxy groups -OCH3 is 1. The van der Waals surface area contributed by atoms with E-state index in [1.807, 2.05) is 26.0 Å². The van der Waals surface area contributed by atoms with Crippen molar-refractivity contribution in [2.75, 3.05) is 19.0 Å². The van der Waals surface area contributed by atoms with E-state index in [0.717, 1.165) is 5.56 Å². The van der Waals surface area contributed by atoms with E-state index in [2.05, 4.69) is 10.3 Å². The van der Waals surface area contributed by atoms with Crippen molar-refractivity contribution in [3.8, 4) is 5.75 Å². The minimum atomic E-state index is -0.564. The van der Waals surface area contributed by atoms with Crippen LogP contribution in [0.2, 0.25) is 10.0 Å². The van der Waals surface area contributed by atoms with Gasteiger partial charge in [0.25, 0.3) is 0 Å². The summed E-state index contributed by atoms with van der Waals surface area (Å²) < 4.78 is 5.29. The smallest absolute Gasteiger partial charge is 0.242 e. The van der Waals surface area contributed by atoms with Crippen LogP contribution >= 0.6 is 35.0 Å². The molecule has 2 aromatic rings. The minimum Gasteiger partial charge on any atom is -0.495 e. The van der Waals surface area contributed by atoms with Gasteiger partial charge in [0, 0.05) is 18.0 Å². The average molecular weight is 466 g/mol. The van der Waals surface area contributed by atoms with Crippen molar-refractivity contribution in [1.29, 1.82) is 0 Å². The van der Waals surface area contributed by atoms with Gasteiger partial charge < -0.3 is 10.1 Å². The highest BCUT2D eigenvalue weighted by atomic mass is 35.5. The first-order valence-electron chi connectivity index (χ1n) is 9.28. The highest BCUT2D eigenvalue weighted by molar-refractivity contribution is 8.15. The Bertz CT molecular complexity index is 1010. The number of halogens is 2. The van der Waals surface area contributed by atoms with E-state index in [9.17, 15) is 9.59 Å². The topological polar surface area (TPSA) is 71.0 Å². The van der Waals surface area contributed by atoms with Gasteiger partial charge in [0.15, 0.2) is 5.17 Å². The summed E-state index contributed by atoms with van der Waals surface area (Å²) in [5, 5.41) is 3.69. The number of ether oxygens (including phenoxy) is 1. The number of hydrogen-bond acceptors (Lipinski definition) is 5. The van der Waals surface area contributed by atoms with Crippen LogP contribution in [0.1, 0.15) is 18.9 Å². The molecule has 1 aliphatic rings. The maximum absolute atomic E-state index is 12.8. The summed E-state index contributed by atoms with van der Waals surface area (Å²) in [5.41, 5.74) is 2.08. The third-order valence-corrected chi connectivity index (χ3v) is 6.18. The van der Waals surface area contributed by atoms with E-state index in [1.165, 1.54) is 11.8 Å². The fourth-order valence-corrected chi connectivity index (χ4v) is 4.65. The Morgan fingerprint density at radius 1 is 1.27 bits per heavy atom. The molecule has 0 aromatic heterocycles. The summed E-state index contributed by atoms with van der Waals surface area (Å²) in [4.78, 5) is 31.5. The Hall–Kier alpha value is -2.22. The molecule has 1 unspecified atom stereocenters. The maximum Gasteiger partial charge on any atom is 0.242 e. The summed E-state index contributed by atoms with van der Waals surface area (Å²) in [7, 11) is 1.54. The highest BCUT2D eigenvalue weighted by Gasteiger charge is 2.38. The number of aliphatic imine (C=N–C) groups is 1. The van der Waals surface area contributed by atoms with Crippen LogP contribution in [-0.2, 0) is 9.59 Å². The zero-order valence-electron chi connectivity index (χ0n) is 16.7. The number of aryl methyl sites for hydroxylation is 1. The lowest BCUT2D eigenvalue weighted by Crippen LogP contribution is -2.33. The van der Waals surface area contributed by atoms with E-state index < -0.39 is 5.25 Å². The molecule has 1 aliphatic heterocycles. The summed E-state index contributed by atoms with van der Waals surface area (Å²) in [6.07, 6.45) is 0.0183. The molecule has 3 rings (SSSR count). The van der Waals surface area contributed by atoms with Crippen molar-refractivity contribution in [2.45, 2.75) is 25.5 Å². The van der Waals surface area contributed by atoms with Gasteiger partial charge in [0.05, 0.1) is 23.5 Å². The largest absolute Gasteiger partial charge is 0.495 e. The minimum absolute atomic E-state index is 0.0183. The van der Waals surface area contributed by atoms with Crippen LogP contribution in [0.3, 0.4) is 0 Å². The van der Waals surface area contributed by atoms with Crippen molar-refractivity contribution in [1.82, 2.24) is 4.90 Å². The molecular weight excluding hydrogens is 445 g/mol. The van der Waals surface area contributed by atoms with Crippen LogP contribution in [0.25, 0.3) is 0 Å². The molecule has 158 valence electrons. The van der Waals surface area contributed by atoms with Gasteiger partial charge in [0.2, 0.25) is 11.8 Å².